The number of aromatic nitrogens is 4. The molecule has 0 fully saturated rings. The van der Waals surface area contributed by atoms with Crippen LogP contribution >= 0.6 is 11.8 Å². The molecule has 0 bridgehead atoms. The molecule has 0 saturated carbocycles. The van der Waals surface area contributed by atoms with Crippen molar-refractivity contribution in [3.8, 4) is 17.2 Å². The summed E-state index contributed by atoms with van der Waals surface area (Å²) in [6.07, 6.45) is -0.648. The van der Waals surface area contributed by atoms with E-state index in [2.05, 4.69) is 21.6 Å². The monoisotopic (exact) mass is 400 g/mol. The molecule has 8 heteroatoms. The lowest BCUT2D eigenvalue weighted by Gasteiger charge is -2.16. The molecule has 7 nitrogen and oxygen atoms in total. The number of tetrazole rings is 1. The van der Waals surface area contributed by atoms with E-state index >= 15 is 0 Å². The van der Waals surface area contributed by atoms with E-state index in [1.54, 1.807) is 11.8 Å². The summed E-state index contributed by atoms with van der Waals surface area (Å²) in [7, 11) is 1.62. The van der Waals surface area contributed by atoms with Crippen LogP contribution in [0.3, 0.4) is 0 Å². The minimum Gasteiger partial charge on any atom is -0.497 e. The second-order valence-corrected chi connectivity index (χ2v) is 7.49. The second kappa shape index (κ2) is 9.07. The number of aliphatic hydroxyl groups is 1. The van der Waals surface area contributed by atoms with E-state index in [-0.39, 0.29) is 6.61 Å². The Hall–Kier alpha value is -2.58. The van der Waals surface area contributed by atoms with E-state index < -0.39 is 6.10 Å². The molecule has 0 amide bonds. The number of aliphatic hydroxyl groups excluding tert-OH is 1. The van der Waals surface area contributed by atoms with Crippen LogP contribution in [0.25, 0.3) is 5.69 Å². The van der Waals surface area contributed by atoms with Gasteiger partial charge in [0.1, 0.15) is 18.1 Å². The number of rotatable bonds is 8. The van der Waals surface area contributed by atoms with Crippen molar-refractivity contribution >= 4 is 11.8 Å². The van der Waals surface area contributed by atoms with E-state index in [0.29, 0.717) is 10.9 Å². The quantitative estimate of drug-likeness (QED) is 0.582. The number of aryl methyl sites for hydroxylation is 2. The van der Waals surface area contributed by atoms with Crippen molar-refractivity contribution in [2.24, 2.45) is 0 Å². The van der Waals surface area contributed by atoms with E-state index in [1.165, 1.54) is 17.3 Å². The first-order valence-electron chi connectivity index (χ1n) is 8.93. The minimum absolute atomic E-state index is 0.211. The molecule has 2 aromatic carbocycles. The van der Waals surface area contributed by atoms with Gasteiger partial charge >= 0.3 is 0 Å². The van der Waals surface area contributed by atoms with E-state index in [4.69, 9.17) is 9.47 Å². The molecule has 1 N–H and O–H groups in total. The van der Waals surface area contributed by atoms with Crippen LogP contribution in [0.4, 0.5) is 0 Å². The zero-order chi connectivity index (χ0) is 20.1. The zero-order valence-electron chi connectivity index (χ0n) is 16.4. The minimum atomic E-state index is -0.648. The van der Waals surface area contributed by atoms with Gasteiger partial charge in [-0.25, -0.2) is 0 Å². The highest BCUT2D eigenvalue weighted by Gasteiger charge is 2.14. The molecule has 1 aromatic heterocycles. The van der Waals surface area contributed by atoms with Crippen LogP contribution in [0.1, 0.15) is 16.7 Å². The largest absolute Gasteiger partial charge is 0.497 e. The number of ether oxygens (including phenoxy) is 2. The fourth-order valence-corrected chi connectivity index (χ4v) is 3.50. The van der Waals surface area contributed by atoms with Gasteiger partial charge in [-0.3, -0.25) is 0 Å². The Morgan fingerprint density at radius 2 is 1.79 bits per heavy atom. The van der Waals surface area contributed by atoms with Crippen molar-refractivity contribution in [1.29, 1.82) is 0 Å². The van der Waals surface area contributed by atoms with E-state index in [9.17, 15) is 5.11 Å². The number of hydrogen-bond donors (Lipinski definition) is 1. The molecule has 0 unspecified atom stereocenters. The number of benzene rings is 2. The normalized spacial score (nSPS) is 12.0. The third-order valence-electron chi connectivity index (χ3n) is 4.46. The van der Waals surface area contributed by atoms with Gasteiger partial charge in [0.15, 0.2) is 0 Å². The standard InChI is InChI=1S/C20H24N4O3S/c1-13-5-6-14(2)19(15(13)3)27-11-17(25)12-28-20-21-22-23-24(20)16-7-9-18(26-4)10-8-16/h5-10,17,25H,11-12H2,1-4H3/t17-/m0/s1. The van der Waals surface area contributed by atoms with Crippen molar-refractivity contribution in [1.82, 2.24) is 20.2 Å². The first-order chi connectivity index (χ1) is 13.5. The molecular formula is C20H24N4O3S. The number of thioether (sulfide) groups is 1. The fraction of sp³-hybridized carbons (Fsp3) is 0.350. The van der Waals surface area contributed by atoms with Crippen molar-refractivity contribution < 1.29 is 14.6 Å². The van der Waals surface area contributed by atoms with Gasteiger partial charge in [-0.1, -0.05) is 23.9 Å². The van der Waals surface area contributed by atoms with E-state index in [1.807, 2.05) is 51.1 Å². The second-order valence-electron chi connectivity index (χ2n) is 6.50. The maximum Gasteiger partial charge on any atom is 0.214 e. The maximum absolute atomic E-state index is 10.3. The van der Waals surface area contributed by atoms with Gasteiger partial charge in [0.2, 0.25) is 5.16 Å². The summed E-state index contributed by atoms with van der Waals surface area (Å²) < 4.78 is 12.7. The van der Waals surface area contributed by atoms with Gasteiger partial charge in [-0.05, 0) is 72.2 Å². The van der Waals surface area contributed by atoms with Crippen LogP contribution in [0, 0.1) is 20.8 Å². The summed E-state index contributed by atoms with van der Waals surface area (Å²) in [5.41, 5.74) is 4.16. The molecule has 0 aliphatic heterocycles. The third-order valence-corrected chi connectivity index (χ3v) is 5.52. The Morgan fingerprint density at radius 3 is 2.50 bits per heavy atom. The SMILES string of the molecule is COc1ccc(-n2nnnc2SC[C@@H](O)COc2c(C)ccc(C)c2C)cc1. The molecule has 0 radical (unpaired) electrons. The lowest BCUT2D eigenvalue weighted by Crippen LogP contribution is -2.21. The van der Waals surface area contributed by atoms with Crippen LogP contribution in [-0.4, -0.2) is 50.9 Å². The Balaban J connectivity index is 1.59. The van der Waals surface area contributed by atoms with E-state index in [0.717, 1.165) is 28.3 Å². The van der Waals surface area contributed by atoms with Crippen molar-refractivity contribution in [3.05, 3.63) is 53.1 Å². The van der Waals surface area contributed by atoms with Crippen LogP contribution in [-0.2, 0) is 0 Å². The summed E-state index contributed by atoms with van der Waals surface area (Å²) in [6.45, 7) is 6.29. The molecule has 28 heavy (non-hydrogen) atoms. The fourth-order valence-electron chi connectivity index (χ4n) is 2.70. The van der Waals surface area contributed by atoms with Gasteiger partial charge < -0.3 is 14.6 Å². The highest BCUT2D eigenvalue weighted by atomic mass is 32.2. The molecule has 3 aromatic rings. The molecule has 1 atom stereocenters. The molecule has 0 spiro atoms. The van der Waals surface area contributed by atoms with Gasteiger partial charge in [0, 0.05) is 5.75 Å². The lowest BCUT2D eigenvalue weighted by molar-refractivity contribution is 0.125. The smallest absolute Gasteiger partial charge is 0.214 e. The van der Waals surface area contributed by atoms with Gasteiger partial charge in [0.25, 0.3) is 0 Å². The van der Waals surface area contributed by atoms with Crippen LogP contribution in [0.2, 0.25) is 0 Å². The van der Waals surface area contributed by atoms with Crippen LogP contribution in [0.15, 0.2) is 41.6 Å². The summed E-state index contributed by atoms with van der Waals surface area (Å²) >= 11 is 1.38. The average molecular weight is 401 g/mol. The Morgan fingerprint density at radius 1 is 1.07 bits per heavy atom. The summed E-state index contributed by atoms with van der Waals surface area (Å²) in [4.78, 5) is 0. The number of methoxy groups -OCH3 is 1. The maximum atomic E-state index is 10.3. The molecule has 0 aliphatic carbocycles. The summed E-state index contributed by atoms with van der Waals surface area (Å²) in [6, 6.07) is 11.6. The number of hydrogen-bond acceptors (Lipinski definition) is 7. The summed E-state index contributed by atoms with van der Waals surface area (Å²) in [5.74, 6) is 2.02. The predicted molar refractivity (Wildman–Crippen MR) is 109 cm³/mol. The van der Waals surface area contributed by atoms with Crippen LogP contribution in [0.5, 0.6) is 11.5 Å². The highest BCUT2D eigenvalue weighted by Crippen LogP contribution is 2.26. The Bertz CT molecular complexity index is 928. The Kier molecular flexibility index (Phi) is 6.53. The lowest BCUT2D eigenvalue weighted by atomic mass is 10.1. The molecule has 0 saturated heterocycles. The first kappa shape index (κ1) is 20.2. The Labute approximate surface area is 168 Å². The average Bonchev–Trinajstić information content (AvgIpc) is 3.18. The topological polar surface area (TPSA) is 82.3 Å². The third kappa shape index (κ3) is 4.63. The van der Waals surface area contributed by atoms with Crippen molar-refractivity contribution in [2.45, 2.75) is 32.0 Å². The molecule has 148 valence electrons. The van der Waals surface area contributed by atoms with Crippen molar-refractivity contribution in [3.63, 3.8) is 0 Å². The van der Waals surface area contributed by atoms with Crippen molar-refractivity contribution in [2.75, 3.05) is 19.5 Å². The van der Waals surface area contributed by atoms with Crippen LogP contribution < -0.4 is 9.47 Å². The molecule has 1 heterocycles. The summed E-state index contributed by atoms with van der Waals surface area (Å²) in [5, 5.41) is 22.8. The van der Waals surface area contributed by atoms with Gasteiger partial charge in [0.05, 0.1) is 18.9 Å². The molecular weight excluding hydrogens is 376 g/mol. The van der Waals surface area contributed by atoms with Gasteiger partial charge in [-0.2, -0.15) is 4.68 Å². The van der Waals surface area contributed by atoms with Gasteiger partial charge in [-0.15, -0.1) is 5.10 Å². The highest BCUT2D eigenvalue weighted by molar-refractivity contribution is 7.99. The number of nitrogens with zero attached hydrogens (tertiary/aromatic N) is 4. The first-order valence-corrected chi connectivity index (χ1v) is 9.91. The molecule has 0 aliphatic rings. The zero-order valence-corrected chi connectivity index (χ0v) is 17.2. The molecule has 3 rings (SSSR count). The predicted octanol–water partition coefficient (Wildman–Crippen LogP) is 3.13.